The Kier molecular flexibility index (Phi) is 6.17. The number of fused-ring (bicyclic) bond motifs is 1. The van der Waals surface area contributed by atoms with Crippen LogP contribution in [0.25, 0.3) is 10.9 Å². The van der Waals surface area contributed by atoms with Crippen molar-refractivity contribution in [3.05, 3.63) is 59.2 Å². The second kappa shape index (κ2) is 8.77. The molecule has 0 saturated heterocycles. The van der Waals surface area contributed by atoms with Gasteiger partial charge in [-0.15, -0.1) is 0 Å². The van der Waals surface area contributed by atoms with E-state index in [0.29, 0.717) is 16.3 Å². The zero-order valence-electron chi connectivity index (χ0n) is 16.1. The molecule has 28 heavy (non-hydrogen) atoms. The van der Waals surface area contributed by atoms with Gasteiger partial charge in [-0.05, 0) is 42.7 Å². The molecular weight excluding hydrogens is 370 g/mol. The molecular formula is C22H21N3O2S. The summed E-state index contributed by atoms with van der Waals surface area (Å²) in [5, 5.41) is 13.9. The van der Waals surface area contributed by atoms with Crippen molar-refractivity contribution >= 4 is 34.3 Å². The van der Waals surface area contributed by atoms with E-state index in [9.17, 15) is 10.1 Å². The van der Waals surface area contributed by atoms with Crippen LogP contribution in [0.5, 0.6) is 5.75 Å². The van der Waals surface area contributed by atoms with Crippen LogP contribution in [-0.2, 0) is 11.2 Å². The number of anilines is 1. The van der Waals surface area contributed by atoms with Gasteiger partial charge in [0.1, 0.15) is 16.8 Å². The smallest absolute Gasteiger partial charge is 0.234 e. The number of amides is 1. The van der Waals surface area contributed by atoms with Gasteiger partial charge in [-0.2, -0.15) is 5.26 Å². The van der Waals surface area contributed by atoms with Gasteiger partial charge in [-0.3, -0.25) is 4.79 Å². The summed E-state index contributed by atoms with van der Waals surface area (Å²) in [7, 11) is 1.60. The molecule has 0 bridgehead atoms. The summed E-state index contributed by atoms with van der Waals surface area (Å²) >= 11 is 1.26. The largest absolute Gasteiger partial charge is 0.497 e. The first-order valence-corrected chi connectivity index (χ1v) is 9.94. The number of para-hydroxylation sites is 1. The topological polar surface area (TPSA) is 75.0 Å². The number of nitriles is 1. The van der Waals surface area contributed by atoms with Crippen LogP contribution >= 0.6 is 11.8 Å². The number of hydrogen-bond acceptors (Lipinski definition) is 5. The number of nitrogens with one attached hydrogen (secondary N) is 1. The molecule has 0 radical (unpaired) electrons. The number of carbonyl (C=O) groups excluding carboxylic acids is 1. The van der Waals surface area contributed by atoms with Gasteiger partial charge in [0.05, 0.1) is 23.9 Å². The van der Waals surface area contributed by atoms with Crippen molar-refractivity contribution in [1.82, 2.24) is 4.98 Å². The number of carbonyl (C=O) groups is 1. The molecule has 1 amide bonds. The summed E-state index contributed by atoms with van der Waals surface area (Å²) < 4.78 is 5.24. The number of hydrogen-bond donors (Lipinski definition) is 1. The van der Waals surface area contributed by atoms with E-state index in [1.165, 1.54) is 11.8 Å². The van der Waals surface area contributed by atoms with Crippen LogP contribution < -0.4 is 10.1 Å². The van der Waals surface area contributed by atoms with Crippen LogP contribution in [0.4, 0.5) is 5.69 Å². The van der Waals surface area contributed by atoms with Crippen LogP contribution in [0.1, 0.15) is 23.6 Å². The molecule has 0 unspecified atom stereocenters. The molecule has 6 heteroatoms. The molecule has 0 saturated carbocycles. The minimum Gasteiger partial charge on any atom is -0.497 e. The van der Waals surface area contributed by atoms with Crippen molar-refractivity contribution in [2.75, 3.05) is 18.2 Å². The number of thioether (sulfide) groups is 1. The van der Waals surface area contributed by atoms with Crippen molar-refractivity contribution in [3.63, 3.8) is 0 Å². The van der Waals surface area contributed by atoms with Crippen molar-refractivity contribution in [2.24, 2.45) is 0 Å². The molecule has 2 aromatic carbocycles. The minimum absolute atomic E-state index is 0.120. The van der Waals surface area contributed by atoms with Gasteiger partial charge in [-0.25, -0.2) is 4.98 Å². The third kappa shape index (κ3) is 4.26. The monoisotopic (exact) mass is 391 g/mol. The van der Waals surface area contributed by atoms with Gasteiger partial charge >= 0.3 is 0 Å². The highest BCUT2D eigenvalue weighted by molar-refractivity contribution is 8.00. The van der Waals surface area contributed by atoms with Crippen molar-refractivity contribution in [1.29, 1.82) is 5.26 Å². The molecule has 0 aliphatic carbocycles. The van der Waals surface area contributed by atoms with E-state index in [4.69, 9.17) is 4.74 Å². The minimum atomic E-state index is -0.120. The van der Waals surface area contributed by atoms with Gasteiger partial charge in [0, 0.05) is 17.1 Å². The average molecular weight is 391 g/mol. The predicted octanol–water partition coefficient (Wildman–Crippen LogP) is 4.72. The Hall–Kier alpha value is -3.04. The highest BCUT2D eigenvalue weighted by Crippen LogP contribution is 2.27. The van der Waals surface area contributed by atoms with E-state index in [-0.39, 0.29) is 11.7 Å². The second-order valence-corrected chi connectivity index (χ2v) is 7.28. The van der Waals surface area contributed by atoms with Gasteiger partial charge in [0.25, 0.3) is 0 Å². The lowest BCUT2D eigenvalue weighted by molar-refractivity contribution is -0.113. The third-order valence-electron chi connectivity index (χ3n) is 4.45. The summed E-state index contributed by atoms with van der Waals surface area (Å²) in [6, 6.07) is 15.5. The van der Waals surface area contributed by atoms with Crippen molar-refractivity contribution < 1.29 is 9.53 Å². The molecule has 3 aromatic rings. The van der Waals surface area contributed by atoms with E-state index >= 15 is 0 Å². The van der Waals surface area contributed by atoms with Crippen molar-refractivity contribution in [2.45, 2.75) is 25.3 Å². The fourth-order valence-corrected chi connectivity index (χ4v) is 3.72. The molecule has 0 fully saturated rings. The lowest BCUT2D eigenvalue weighted by atomic mass is 10.1. The molecule has 5 nitrogen and oxygen atoms in total. The maximum Gasteiger partial charge on any atom is 0.234 e. The Balaban J connectivity index is 1.79. The quantitative estimate of drug-likeness (QED) is 0.616. The fraction of sp³-hybridized carbons (Fsp3) is 0.227. The normalized spacial score (nSPS) is 10.5. The summed E-state index contributed by atoms with van der Waals surface area (Å²) in [6.07, 6.45) is 0.844. The lowest BCUT2D eigenvalue weighted by Crippen LogP contribution is -2.16. The SMILES string of the molecule is CCc1cccc(C)c1NC(=O)CSc1nc2cc(OC)ccc2cc1C#N. The lowest BCUT2D eigenvalue weighted by Gasteiger charge is -2.13. The maximum atomic E-state index is 12.5. The third-order valence-corrected chi connectivity index (χ3v) is 5.45. The van der Waals surface area contributed by atoms with Gasteiger partial charge in [0.2, 0.25) is 5.91 Å². The predicted molar refractivity (Wildman–Crippen MR) is 113 cm³/mol. The number of methoxy groups -OCH3 is 1. The molecule has 1 aromatic heterocycles. The molecule has 1 heterocycles. The Morgan fingerprint density at radius 1 is 1.29 bits per heavy atom. The van der Waals surface area contributed by atoms with Crippen LogP contribution in [0.2, 0.25) is 0 Å². The van der Waals surface area contributed by atoms with Crippen molar-refractivity contribution in [3.8, 4) is 11.8 Å². The fourth-order valence-electron chi connectivity index (χ4n) is 2.96. The molecule has 1 N–H and O–H groups in total. The number of aromatic nitrogens is 1. The van der Waals surface area contributed by atoms with Gasteiger partial charge < -0.3 is 10.1 Å². The first-order valence-electron chi connectivity index (χ1n) is 8.95. The van der Waals surface area contributed by atoms with Crippen LogP contribution in [0.3, 0.4) is 0 Å². The van der Waals surface area contributed by atoms with Crippen LogP contribution in [0.15, 0.2) is 47.5 Å². The zero-order valence-corrected chi connectivity index (χ0v) is 16.9. The summed E-state index contributed by atoms with van der Waals surface area (Å²) in [6.45, 7) is 4.04. The standard InChI is InChI=1S/C22H21N3O2S/c1-4-15-7-5-6-14(2)21(15)25-20(26)13-28-22-17(12-23)10-16-8-9-18(27-3)11-19(16)24-22/h5-11H,4,13H2,1-3H3,(H,25,26). The number of aryl methyl sites for hydroxylation is 2. The molecule has 0 aliphatic heterocycles. The number of nitrogens with zero attached hydrogens (tertiary/aromatic N) is 2. The van der Waals surface area contributed by atoms with Gasteiger partial charge in [0.15, 0.2) is 0 Å². The molecule has 0 atom stereocenters. The summed E-state index contributed by atoms with van der Waals surface area (Å²) in [5.41, 5.74) is 4.19. The first-order chi connectivity index (χ1) is 13.5. The highest BCUT2D eigenvalue weighted by Gasteiger charge is 2.13. The first kappa shape index (κ1) is 19.7. The molecule has 3 rings (SSSR count). The Morgan fingerprint density at radius 2 is 2.11 bits per heavy atom. The second-order valence-electron chi connectivity index (χ2n) is 6.31. The van der Waals surface area contributed by atoms with Gasteiger partial charge in [-0.1, -0.05) is 36.9 Å². The maximum absolute atomic E-state index is 12.5. The van der Waals surface area contributed by atoms with E-state index < -0.39 is 0 Å². The van der Waals surface area contributed by atoms with E-state index in [0.717, 1.165) is 34.1 Å². The number of benzene rings is 2. The Labute approximate surface area is 168 Å². The average Bonchev–Trinajstić information content (AvgIpc) is 2.72. The van der Waals surface area contributed by atoms with Crippen LogP contribution in [-0.4, -0.2) is 23.8 Å². The molecule has 0 aliphatic rings. The molecule has 142 valence electrons. The Morgan fingerprint density at radius 3 is 2.82 bits per heavy atom. The molecule has 0 spiro atoms. The number of rotatable bonds is 6. The van der Waals surface area contributed by atoms with E-state index in [1.54, 1.807) is 13.2 Å². The zero-order chi connectivity index (χ0) is 20.1. The summed E-state index contributed by atoms with van der Waals surface area (Å²) in [4.78, 5) is 17.1. The summed E-state index contributed by atoms with van der Waals surface area (Å²) in [5.74, 6) is 0.754. The van der Waals surface area contributed by atoms with E-state index in [1.807, 2.05) is 43.3 Å². The van der Waals surface area contributed by atoms with E-state index in [2.05, 4.69) is 23.3 Å². The van der Waals surface area contributed by atoms with Crippen LogP contribution in [0, 0.1) is 18.3 Å². The number of ether oxygens (including phenoxy) is 1. The number of pyridine rings is 1. The highest BCUT2D eigenvalue weighted by atomic mass is 32.2. The Bertz CT molecular complexity index is 1070.